The average Bonchev–Trinajstić information content (AvgIpc) is 2.89. The second-order valence-corrected chi connectivity index (χ2v) is 5.58. The lowest BCUT2D eigenvalue weighted by Crippen LogP contribution is -2.25. The van der Waals surface area contributed by atoms with E-state index in [1.165, 1.54) is 11.3 Å². The molecule has 2 rings (SSSR count). The highest BCUT2D eigenvalue weighted by molar-refractivity contribution is 7.13. The third kappa shape index (κ3) is 3.86. The minimum absolute atomic E-state index is 0.105. The van der Waals surface area contributed by atoms with E-state index in [4.69, 9.17) is 0 Å². The summed E-state index contributed by atoms with van der Waals surface area (Å²) in [4.78, 5) is 20.3. The zero-order valence-electron chi connectivity index (χ0n) is 11.1. The van der Waals surface area contributed by atoms with Crippen molar-refractivity contribution in [3.63, 3.8) is 0 Å². The van der Waals surface area contributed by atoms with Gasteiger partial charge < -0.3 is 5.32 Å². The second-order valence-electron chi connectivity index (χ2n) is 4.72. The molecule has 2 aromatic rings. The summed E-state index contributed by atoms with van der Waals surface area (Å²) in [6.45, 7) is 4.96. The van der Waals surface area contributed by atoms with Crippen molar-refractivity contribution in [1.29, 1.82) is 0 Å². The Kier molecular flexibility index (Phi) is 4.63. The molecule has 4 nitrogen and oxygen atoms in total. The van der Waals surface area contributed by atoms with Crippen molar-refractivity contribution in [3.8, 4) is 10.6 Å². The van der Waals surface area contributed by atoms with E-state index < -0.39 is 0 Å². The van der Waals surface area contributed by atoms with E-state index in [1.807, 2.05) is 12.1 Å². The van der Waals surface area contributed by atoms with Crippen molar-refractivity contribution in [2.45, 2.75) is 20.3 Å². The summed E-state index contributed by atoms with van der Waals surface area (Å²) in [7, 11) is 0. The molecule has 0 aliphatic carbocycles. The smallest absolute Gasteiger partial charge is 0.270 e. The first-order valence-corrected chi connectivity index (χ1v) is 7.19. The summed E-state index contributed by atoms with van der Waals surface area (Å²) in [6.07, 6.45) is 4.45. The third-order valence-corrected chi connectivity index (χ3v) is 3.54. The number of nitrogens with one attached hydrogen (secondary N) is 1. The van der Waals surface area contributed by atoms with Gasteiger partial charge in [-0.25, -0.2) is 4.98 Å². The topological polar surface area (TPSA) is 54.9 Å². The molecule has 0 saturated carbocycles. The highest BCUT2D eigenvalue weighted by Gasteiger charge is 2.11. The summed E-state index contributed by atoms with van der Waals surface area (Å²) in [5.74, 6) is 0.480. The minimum atomic E-state index is -0.105. The SMILES string of the molecule is CC(C)CCNC(=O)c1csc(-c2cccnc2)n1. The van der Waals surface area contributed by atoms with Gasteiger partial charge in [0.15, 0.2) is 0 Å². The minimum Gasteiger partial charge on any atom is -0.351 e. The van der Waals surface area contributed by atoms with Gasteiger partial charge in [0.1, 0.15) is 10.7 Å². The summed E-state index contributed by atoms with van der Waals surface area (Å²) in [5, 5.41) is 5.49. The molecule has 0 atom stereocenters. The Hall–Kier alpha value is -1.75. The molecule has 0 aromatic carbocycles. The van der Waals surface area contributed by atoms with Crippen LogP contribution in [0.3, 0.4) is 0 Å². The Morgan fingerprint density at radius 3 is 3.00 bits per heavy atom. The molecular formula is C14H17N3OS. The highest BCUT2D eigenvalue weighted by Crippen LogP contribution is 2.22. The van der Waals surface area contributed by atoms with Crippen molar-refractivity contribution in [3.05, 3.63) is 35.6 Å². The number of rotatable bonds is 5. The van der Waals surface area contributed by atoms with Crippen LogP contribution in [-0.4, -0.2) is 22.4 Å². The van der Waals surface area contributed by atoms with Crippen molar-refractivity contribution in [1.82, 2.24) is 15.3 Å². The first-order valence-electron chi connectivity index (χ1n) is 6.31. The first-order chi connectivity index (χ1) is 9.16. The molecule has 2 aromatic heterocycles. The Morgan fingerprint density at radius 1 is 1.47 bits per heavy atom. The van der Waals surface area contributed by atoms with Gasteiger partial charge in [0.05, 0.1) is 0 Å². The Bertz CT molecular complexity index is 537. The van der Waals surface area contributed by atoms with Crippen LogP contribution in [0, 0.1) is 5.92 Å². The van der Waals surface area contributed by atoms with Gasteiger partial charge in [0.2, 0.25) is 0 Å². The van der Waals surface area contributed by atoms with Crippen molar-refractivity contribution in [2.75, 3.05) is 6.54 Å². The number of nitrogens with zero attached hydrogens (tertiary/aromatic N) is 2. The fraction of sp³-hybridized carbons (Fsp3) is 0.357. The van der Waals surface area contributed by atoms with Crippen LogP contribution in [0.1, 0.15) is 30.8 Å². The van der Waals surface area contributed by atoms with Gasteiger partial charge in [0.25, 0.3) is 5.91 Å². The van der Waals surface area contributed by atoms with Crippen LogP contribution >= 0.6 is 11.3 Å². The van der Waals surface area contributed by atoms with E-state index in [0.29, 0.717) is 18.2 Å². The molecule has 0 radical (unpaired) electrons. The van der Waals surface area contributed by atoms with Gasteiger partial charge in [0, 0.05) is 29.9 Å². The van der Waals surface area contributed by atoms with Crippen LogP contribution in [0.25, 0.3) is 10.6 Å². The standard InChI is InChI=1S/C14H17N3OS/c1-10(2)5-7-16-13(18)12-9-19-14(17-12)11-4-3-6-15-8-11/h3-4,6,8-10H,5,7H2,1-2H3,(H,16,18). The maximum atomic E-state index is 11.9. The molecule has 0 unspecified atom stereocenters. The molecular weight excluding hydrogens is 258 g/mol. The Morgan fingerprint density at radius 2 is 2.32 bits per heavy atom. The first kappa shape index (κ1) is 13.7. The lowest BCUT2D eigenvalue weighted by molar-refractivity contribution is 0.0948. The van der Waals surface area contributed by atoms with Crippen LogP contribution in [0.2, 0.25) is 0 Å². The van der Waals surface area contributed by atoms with Crippen molar-refractivity contribution in [2.24, 2.45) is 5.92 Å². The summed E-state index contributed by atoms with van der Waals surface area (Å²) < 4.78 is 0. The Labute approximate surface area is 116 Å². The fourth-order valence-electron chi connectivity index (χ4n) is 1.56. The number of carbonyl (C=O) groups is 1. The molecule has 0 aliphatic heterocycles. The predicted molar refractivity (Wildman–Crippen MR) is 77.1 cm³/mol. The van der Waals surface area contributed by atoms with Crippen molar-refractivity contribution >= 4 is 17.2 Å². The molecule has 1 amide bonds. The van der Waals surface area contributed by atoms with Crippen LogP contribution in [-0.2, 0) is 0 Å². The van der Waals surface area contributed by atoms with Gasteiger partial charge in [-0.1, -0.05) is 13.8 Å². The summed E-state index contributed by atoms with van der Waals surface area (Å²) in [5.41, 5.74) is 1.42. The maximum Gasteiger partial charge on any atom is 0.270 e. The monoisotopic (exact) mass is 275 g/mol. The Balaban J connectivity index is 1.99. The molecule has 100 valence electrons. The van der Waals surface area contributed by atoms with Crippen LogP contribution in [0.5, 0.6) is 0 Å². The normalized spacial score (nSPS) is 10.7. The van der Waals surface area contributed by atoms with Crippen LogP contribution in [0.4, 0.5) is 0 Å². The quantitative estimate of drug-likeness (QED) is 0.912. The zero-order valence-corrected chi connectivity index (χ0v) is 11.9. The summed E-state index contributed by atoms with van der Waals surface area (Å²) in [6, 6.07) is 3.80. The number of hydrogen-bond acceptors (Lipinski definition) is 4. The van der Waals surface area contributed by atoms with Gasteiger partial charge >= 0.3 is 0 Å². The largest absolute Gasteiger partial charge is 0.351 e. The third-order valence-electron chi connectivity index (χ3n) is 2.65. The molecule has 1 N–H and O–H groups in total. The van der Waals surface area contributed by atoms with E-state index in [2.05, 4.69) is 29.1 Å². The molecule has 0 spiro atoms. The van der Waals surface area contributed by atoms with Gasteiger partial charge in [-0.15, -0.1) is 11.3 Å². The molecule has 5 heteroatoms. The highest BCUT2D eigenvalue weighted by atomic mass is 32.1. The second kappa shape index (κ2) is 6.43. The molecule has 2 heterocycles. The number of carbonyl (C=O) groups excluding carboxylic acids is 1. The van der Waals surface area contributed by atoms with Gasteiger partial charge in [-0.2, -0.15) is 0 Å². The predicted octanol–water partition coefficient (Wildman–Crippen LogP) is 2.98. The van der Waals surface area contributed by atoms with Crippen LogP contribution in [0.15, 0.2) is 29.9 Å². The van der Waals surface area contributed by atoms with E-state index >= 15 is 0 Å². The zero-order chi connectivity index (χ0) is 13.7. The van der Waals surface area contributed by atoms with Gasteiger partial charge in [-0.05, 0) is 24.5 Å². The number of pyridine rings is 1. The van der Waals surface area contributed by atoms with Crippen LogP contribution < -0.4 is 5.32 Å². The number of aromatic nitrogens is 2. The molecule has 0 aliphatic rings. The fourth-order valence-corrected chi connectivity index (χ4v) is 2.36. The van der Waals surface area contributed by atoms with E-state index in [1.54, 1.807) is 17.8 Å². The van der Waals surface area contributed by atoms with E-state index in [9.17, 15) is 4.79 Å². The number of amides is 1. The van der Waals surface area contributed by atoms with Crippen molar-refractivity contribution < 1.29 is 4.79 Å². The van der Waals surface area contributed by atoms with E-state index in [-0.39, 0.29) is 5.91 Å². The molecule has 0 fully saturated rings. The number of thiazole rings is 1. The number of hydrogen-bond donors (Lipinski definition) is 1. The lowest BCUT2D eigenvalue weighted by Gasteiger charge is -2.05. The maximum absolute atomic E-state index is 11.9. The van der Waals surface area contributed by atoms with E-state index in [0.717, 1.165) is 17.0 Å². The summed E-state index contributed by atoms with van der Waals surface area (Å²) >= 11 is 1.46. The molecule has 19 heavy (non-hydrogen) atoms. The average molecular weight is 275 g/mol. The molecule has 0 bridgehead atoms. The van der Waals surface area contributed by atoms with Gasteiger partial charge in [-0.3, -0.25) is 9.78 Å². The lowest BCUT2D eigenvalue weighted by atomic mass is 10.1. The molecule has 0 saturated heterocycles.